The number of anilines is 1. The summed E-state index contributed by atoms with van der Waals surface area (Å²) in [5, 5.41) is 10.2. The van der Waals surface area contributed by atoms with Crippen LogP contribution in [0.2, 0.25) is 5.02 Å². The van der Waals surface area contributed by atoms with E-state index in [4.69, 9.17) is 21.1 Å². The van der Waals surface area contributed by atoms with Crippen LogP contribution in [0.15, 0.2) is 41.9 Å². The van der Waals surface area contributed by atoms with Crippen LogP contribution in [0.25, 0.3) is 22.3 Å². The van der Waals surface area contributed by atoms with Gasteiger partial charge in [0, 0.05) is 17.5 Å². The number of halogens is 1. The molecule has 12 heteroatoms. The molecule has 1 unspecified atom stereocenters. The van der Waals surface area contributed by atoms with Crippen LogP contribution in [0.1, 0.15) is 56.3 Å². The van der Waals surface area contributed by atoms with Crippen molar-refractivity contribution in [1.29, 1.82) is 0 Å². The maximum atomic E-state index is 12.7. The van der Waals surface area contributed by atoms with Gasteiger partial charge in [-0.25, -0.2) is 18.6 Å². The Hall–Kier alpha value is -2.78. The summed E-state index contributed by atoms with van der Waals surface area (Å²) in [6, 6.07) is 8.49. The van der Waals surface area contributed by atoms with Gasteiger partial charge in [-0.3, -0.25) is 4.79 Å². The molecule has 37 heavy (non-hydrogen) atoms. The lowest BCUT2D eigenvalue weighted by atomic mass is 10.1. The number of benzene rings is 1. The first-order chi connectivity index (χ1) is 17.8. The second-order valence-electron chi connectivity index (χ2n) is 8.67. The van der Waals surface area contributed by atoms with E-state index < -0.39 is 7.60 Å². The Bertz CT molecular complexity index is 1410. The molecule has 1 amide bonds. The summed E-state index contributed by atoms with van der Waals surface area (Å²) in [5.41, 5.74) is 2.32. The third-order valence-electron chi connectivity index (χ3n) is 5.71. The van der Waals surface area contributed by atoms with Gasteiger partial charge in [-0.05, 0) is 54.7 Å². The minimum Gasteiger partial charge on any atom is -0.424 e. The SMILES string of the molecule is CCCCCCn1nc(NC(=O)c2cnsc2)c2cc(Cl)c(-c3ccc(OP(=O)(O)CCC)cc3)nc21. The van der Waals surface area contributed by atoms with Crippen LogP contribution < -0.4 is 9.84 Å². The molecular formula is C25H29ClN5O4PS. The summed E-state index contributed by atoms with van der Waals surface area (Å²) in [5.74, 6) is 0.390. The normalized spacial score (nSPS) is 13.0. The van der Waals surface area contributed by atoms with Crippen molar-refractivity contribution in [2.45, 2.75) is 52.5 Å². The number of carbonyl (C=O) groups is 1. The molecule has 196 valence electrons. The molecule has 0 aliphatic rings. The number of nitrogens with one attached hydrogen (secondary N) is 1. The Kier molecular flexibility index (Phi) is 8.97. The summed E-state index contributed by atoms with van der Waals surface area (Å²) in [4.78, 5) is 27.4. The lowest BCUT2D eigenvalue weighted by Crippen LogP contribution is -2.12. The third kappa shape index (κ3) is 6.76. The first-order valence-corrected chi connectivity index (χ1v) is 15.2. The summed E-state index contributed by atoms with van der Waals surface area (Å²) in [7, 11) is -3.68. The van der Waals surface area contributed by atoms with Crippen molar-refractivity contribution < 1.29 is 18.8 Å². The molecule has 0 fully saturated rings. The molecule has 3 heterocycles. The van der Waals surface area contributed by atoms with Gasteiger partial charge in [-0.1, -0.05) is 44.7 Å². The molecule has 0 aliphatic carbocycles. The van der Waals surface area contributed by atoms with E-state index in [-0.39, 0.29) is 12.1 Å². The molecule has 2 N–H and O–H groups in total. The van der Waals surface area contributed by atoms with Crippen LogP contribution in [-0.4, -0.2) is 36.1 Å². The summed E-state index contributed by atoms with van der Waals surface area (Å²) in [6.07, 6.45) is 6.39. The lowest BCUT2D eigenvalue weighted by Gasteiger charge is -2.13. The Balaban J connectivity index is 1.67. The molecule has 0 saturated heterocycles. The van der Waals surface area contributed by atoms with Gasteiger partial charge in [-0.15, -0.1) is 0 Å². The third-order valence-corrected chi connectivity index (χ3v) is 8.09. The van der Waals surface area contributed by atoms with Crippen molar-refractivity contribution in [2.75, 3.05) is 11.5 Å². The van der Waals surface area contributed by atoms with Crippen molar-refractivity contribution in [1.82, 2.24) is 19.1 Å². The van der Waals surface area contributed by atoms with Gasteiger partial charge in [0.25, 0.3) is 5.91 Å². The smallest absolute Gasteiger partial charge is 0.376 e. The summed E-state index contributed by atoms with van der Waals surface area (Å²) < 4.78 is 23.2. The van der Waals surface area contributed by atoms with Crippen LogP contribution in [0, 0.1) is 0 Å². The average molecular weight is 562 g/mol. The highest BCUT2D eigenvalue weighted by atomic mass is 35.5. The number of nitrogens with zero attached hydrogens (tertiary/aromatic N) is 4. The van der Waals surface area contributed by atoms with Crippen molar-refractivity contribution in [2.24, 2.45) is 0 Å². The number of fused-ring (bicyclic) bond motifs is 1. The van der Waals surface area contributed by atoms with E-state index in [9.17, 15) is 14.3 Å². The predicted molar refractivity (Wildman–Crippen MR) is 148 cm³/mol. The molecule has 1 aromatic carbocycles. The van der Waals surface area contributed by atoms with Crippen LogP contribution in [-0.2, 0) is 11.1 Å². The van der Waals surface area contributed by atoms with Crippen molar-refractivity contribution >= 4 is 53.5 Å². The molecule has 0 bridgehead atoms. The van der Waals surface area contributed by atoms with Gasteiger partial charge in [0.05, 0.1) is 34.0 Å². The van der Waals surface area contributed by atoms with Crippen LogP contribution >= 0.6 is 30.7 Å². The predicted octanol–water partition coefficient (Wildman–Crippen LogP) is 7.02. The molecule has 0 aliphatic heterocycles. The maximum absolute atomic E-state index is 12.7. The zero-order chi connectivity index (χ0) is 26.4. The number of hydrogen-bond donors (Lipinski definition) is 2. The molecule has 0 spiro atoms. The van der Waals surface area contributed by atoms with Gasteiger partial charge < -0.3 is 14.7 Å². The number of aromatic nitrogens is 4. The number of amides is 1. The number of rotatable bonds is 12. The largest absolute Gasteiger partial charge is 0.424 e. The Morgan fingerprint density at radius 1 is 1.19 bits per heavy atom. The fourth-order valence-corrected chi connectivity index (χ4v) is 5.76. The summed E-state index contributed by atoms with van der Waals surface area (Å²) >= 11 is 7.85. The molecule has 4 aromatic rings. The number of aryl methyl sites for hydroxylation is 1. The maximum Gasteiger partial charge on any atom is 0.376 e. The zero-order valence-electron chi connectivity index (χ0n) is 20.7. The number of carbonyl (C=O) groups excluding carboxylic acids is 1. The lowest BCUT2D eigenvalue weighted by molar-refractivity contribution is 0.102. The first-order valence-electron chi connectivity index (χ1n) is 12.2. The highest BCUT2D eigenvalue weighted by molar-refractivity contribution is 7.53. The highest BCUT2D eigenvalue weighted by Crippen LogP contribution is 2.43. The van der Waals surface area contributed by atoms with E-state index in [1.807, 2.05) is 6.92 Å². The molecule has 1 atom stereocenters. The standard InChI is InChI=1S/C25H29ClN5O4PS/c1-3-5-6-7-12-31-24-20(23(30-31)29-25(32)18-15-27-37-16-18)14-21(26)22(28-24)17-8-10-19(11-9-17)35-36(33,34)13-4-2/h8-11,14-16H,3-7,12-13H2,1-2H3,(H,33,34)(H,29,30,32). The van der Waals surface area contributed by atoms with Crippen molar-refractivity contribution in [3.63, 3.8) is 0 Å². The monoisotopic (exact) mass is 561 g/mol. The van der Waals surface area contributed by atoms with Gasteiger partial charge in [0.2, 0.25) is 0 Å². The van der Waals surface area contributed by atoms with Crippen LogP contribution in [0.3, 0.4) is 0 Å². The number of unbranched alkanes of at least 4 members (excludes halogenated alkanes) is 3. The summed E-state index contributed by atoms with van der Waals surface area (Å²) in [6.45, 7) is 4.63. The first kappa shape index (κ1) is 27.3. The van der Waals surface area contributed by atoms with Gasteiger partial charge in [0.15, 0.2) is 11.5 Å². The minimum atomic E-state index is -3.68. The fourth-order valence-electron chi connectivity index (χ4n) is 3.87. The number of pyridine rings is 1. The van der Waals surface area contributed by atoms with E-state index in [2.05, 4.69) is 21.7 Å². The van der Waals surface area contributed by atoms with E-state index in [0.717, 1.165) is 31.2 Å². The van der Waals surface area contributed by atoms with Crippen LogP contribution in [0.4, 0.5) is 5.82 Å². The molecule has 3 aromatic heterocycles. The van der Waals surface area contributed by atoms with Crippen molar-refractivity contribution in [3.8, 4) is 17.0 Å². The molecule has 0 saturated carbocycles. The fraction of sp³-hybridized carbons (Fsp3) is 0.360. The zero-order valence-corrected chi connectivity index (χ0v) is 23.2. The Morgan fingerprint density at radius 3 is 2.65 bits per heavy atom. The highest BCUT2D eigenvalue weighted by Gasteiger charge is 2.21. The van der Waals surface area contributed by atoms with Gasteiger partial charge >= 0.3 is 7.60 Å². The Labute approximate surface area is 224 Å². The quantitative estimate of drug-likeness (QED) is 0.141. The topological polar surface area (TPSA) is 119 Å². The second kappa shape index (κ2) is 12.2. The van der Waals surface area contributed by atoms with Crippen LogP contribution in [0.5, 0.6) is 5.75 Å². The van der Waals surface area contributed by atoms with Gasteiger partial charge in [-0.2, -0.15) is 5.10 Å². The van der Waals surface area contributed by atoms with Crippen molar-refractivity contribution in [3.05, 3.63) is 52.5 Å². The van der Waals surface area contributed by atoms with E-state index >= 15 is 0 Å². The molecule has 0 radical (unpaired) electrons. The van der Waals surface area contributed by atoms with Gasteiger partial charge in [0.1, 0.15) is 5.75 Å². The Morgan fingerprint density at radius 2 is 1.97 bits per heavy atom. The molecule has 4 rings (SSSR count). The van der Waals surface area contributed by atoms with E-state index in [0.29, 0.717) is 51.8 Å². The molecular weight excluding hydrogens is 533 g/mol. The average Bonchev–Trinajstić information content (AvgIpc) is 3.51. The van der Waals surface area contributed by atoms with E-state index in [1.54, 1.807) is 40.4 Å². The second-order valence-corrected chi connectivity index (χ2v) is 11.6. The minimum absolute atomic E-state index is 0.0862. The number of hydrogen-bond acceptors (Lipinski definition) is 7. The molecule has 9 nitrogen and oxygen atoms in total. The van der Waals surface area contributed by atoms with E-state index in [1.165, 1.54) is 17.7 Å².